The van der Waals surface area contributed by atoms with Crippen LogP contribution in [0.3, 0.4) is 0 Å². The zero-order chi connectivity index (χ0) is 13.5. The van der Waals surface area contributed by atoms with Crippen molar-refractivity contribution in [3.8, 4) is 0 Å². The van der Waals surface area contributed by atoms with Gasteiger partial charge in [-0.05, 0) is 0 Å². The van der Waals surface area contributed by atoms with Crippen molar-refractivity contribution in [3.63, 3.8) is 0 Å². The van der Waals surface area contributed by atoms with Gasteiger partial charge in [-0.25, -0.2) is 0 Å². The molecule has 0 N–H and O–H groups in total. The van der Waals surface area contributed by atoms with Crippen LogP contribution in [0.1, 0.15) is 11.1 Å². The maximum absolute atomic E-state index is 11.9. The number of allylic oxidation sites excluding steroid dienone is 2. The summed E-state index contributed by atoms with van der Waals surface area (Å²) in [5.74, 6) is -0.0318. The summed E-state index contributed by atoms with van der Waals surface area (Å²) < 4.78 is 0.585. The summed E-state index contributed by atoms with van der Waals surface area (Å²) in [5, 5.41) is 0. The normalized spacial score (nSPS) is 11.2. The molecule has 0 aliphatic rings. The molecule has 0 saturated carbocycles. The van der Waals surface area contributed by atoms with Crippen LogP contribution >= 0.6 is 0 Å². The molecule has 2 aromatic rings. The maximum atomic E-state index is 11.9. The van der Waals surface area contributed by atoms with E-state index in [-0.39, 0.29) is 26.2 Å². The topological polar surface area (TPSA) is 17.1 Å². The molecule has 0 unspecified atom stereocenters. The summed E-state index contributed by atoms with van der Waals surface area (Å²) in [6.07, 6.45) is 5.23. The van der Waals surface area contributed by atoms with Crippen molar-refractivity contribution in [3.05, 3.63) is 81.9 Å². The minimum atomic E-state index is -0.0318. The first-order valence-corrected chi connectivity index (χ1v) is 6.70. The smallest absolute Gasteiger partial charge is 0 e. The van der Waals surface area contributed by atoms with E-state index in [9.17, 15) is 4.79 Å². The first-order valence-electron chi connectivity index (χ1n) is 5.92. The van der Waals surface area contributed by atoms with Crippen molar-refractivity contribution in [2.75, 3.05) is 0 Å². The van der Waals surface area contributed by atoms with Crippen LogP contribution in [0.2, 0.25) is 0 Å². The monoisotopic (exact) mass is 445 g/mol. The van der Waals surface area contributed by atoms with Crippen LogP contribution in [0.4, 0.5) is 0 Å². The molecular formula is C17H13OPd2. The second kappa shape index (κ2) is 8.96. The number of ketones is 1. The Balaban J connectivity index is 0.00000200. The SMILES string of the molecule is O=C(/C=C/c1ccccc1)/[C]([Pd])=C\c1ccccc1.[Pd]. The predicted molar refractivity (Wildman–Crippen MR) is 74.9 cm³/mol. The van der Waals surface area contributed by atoms with Crippen molar-refractivity contribution in [2.24, 2.45) is 0 Å². The molecule has 0 amide bonds. The van der Waals surface area contributed by atoms with Crippen LogP contribution in [0.25, 0.3) is 12.2 Å². The molecule has 2 aromatic carbocycles. The summed E-state index contributed by atoms with van der Waals surface area (Å²) in [4.78, 5) is 11.9. The van der Waals surface area contributed by atoms with E-state index in [0.717, 1.165) is 11.1 Å². The number of carbonyl (C=O) groups excluding carboxylic acids is 1. The summed E-state index contributed by atoms with van der Waals surface area (Å²) >= 11 is 3.02. The van der Waals surface area contributed by atoms with Gasteiger partial charge in [-0.15, -0.1) is 0 Å². The quantitative estimate of drug-likeness (QED) is 0.516. The van der Waals surface area contributed by atoms with Gasteiger partial charge in [0.2, 0.25) is 0 Å². The number of benzene rings is 2. The average molecular weight is 446 g/mol. The predicted octanol–water partition coefficient (Wildman–Crippen LogP) is 3.85. The fourth-order valence-corrected chi connectivity index (χ4v) is 1.96. The van der Waals surface area contributed by atoms with Gasteiger partial charge in [0.05, 0.1) is 0 Å². The second-order valence-electron chi connectivity index (χ2n) is 3.98. The van der Waals surface area contributed by atoms with Gasteiger partial charge in [0.25, 0.3) is 0 Å². The zero-order valence-corrected chi connectivity index (χ0v) is 13.7. The zero-order valence-electron chi connectivity index (χ0n) is 10.5. The van der Waals surface area contributed by atoms with Gasteiger partial charge in [0.1, 0.15) is 0 Å². The Morgan fingerprint density at radius 1 is 0.850 bits per heavy atom. The summed E-state index contributed by atoms with van der Waals surface area (Å²) in [6.45, 7) is 0. The van der Waals surface area contributed by atoms with Crippen LogP contribution in [0.15, 0.2) is 70.8 Å². The Labute approximate surface area is 143 Å². The molecule has 0 aliphatic carbocycles. The van der Waals surface area contributed by atoms with Gasteiger partial charge in [0.15, 0.2) is 0 Å². The van der Waals surface area contributed by atoms with Gasteiger partial charge < -0.3 is 0 Å². The fraction of sp³-hybridized carbons (Fsp3) is 0. The molecule has 0 fully saturated rings. The van der Waals surface area contributed by atoms with Crippen molar-refractivity contribution >= 4 is 17.9 Å². The molecule has 0 heterocycles. The minimum absolute atomic E-state index is 0. The van der Waals surface area contributed by atoms with Crippen molar-refractivity contribution < 1.29 is 44.4 Å². The second-order valence-corrected chi connectivity index (χ2v) is 4.82. The molecule has 107 valence electrons. The van der Waals surface area contributed by atoms with Crippen LogP contribution in [-0.2, 0) is 44.4 Å². The minimum Gasteiger partial charge on any atom is 0 e. The molecule has 3 heteroatoms. The number of hydrogen-bond donors (Lipinski definition) is 0. The van der Waals surface area contributed by atoms with E-state index in [4.69, 9.17) is 0 Å². The van der Waals surface area contributed by atoms with Gasteiger partial charge in [-0.3, -0.25) is 0 Å². The largest absolute Gasteiger partial charge is 0 e. The van der Waals surface area contributed by atoms with Crippen LogP contribution < -0.4 is 0 Å². The molecule has 1 nitrogen and oxygen atoms in total. The van der Waals surface area contributed by atoms with Crippen LogP contribution in [0.5, 0.6) is 0 Å². The molecule has 0 spiro atoms. The molecule has 0 atom stereocenters. The van der Waals surface area contributed by atoms with Crippen LogP contribution in [-0.4, -0.2) is 5.78 Å². The first kappa shape index (κ1) is 17.0. The third kappa shape index (κ3) is 5.50. The summed E-state index contributed by atoms with van der Waals surface area (Å²) in [5.41, 5.74) is 2.02. The van der Waals surface area contributed by atoms with Crippen molar-refractivity contribution in [1.82, 2.24) is 0 Å². The molecule has 0 radical (unpaired) electrons. The molecule has 0 saturated heterocycles. The molecule has 0 aromatic heterocycles. The Hall–Kier alpha value is -1.09. The molecule has 0 aliphatic heterocycles. The Morgan fingerprint density at radius 3 is 1.90 bits per heavy atom. The molecular weight excluding hydrogens is 433 g/mol. The number of rotatable bonds is 4. The van der Waals surface area contributed by atoms with Crippen molar-refractivity contribution in [2.45, 2.75) is 0 Å². The maximum Gasteiger partial charge on any atom is 0 e. The van der Waals surface area contributed by atoms with E-state index in [0.29, 0.717) is 4.05 Å². The van der Waals surface area contributed by atoms with Gasteiger partial charge >= 0.3 is 124 Å². The summed E-state index contributed by atoms with van der Waals surface area (Å²) in [7, 11) is 0. The van der Waals surface area contributed by atoms with E-state index in [1.54, 1.807) is 6.08 Å². The Kier molecular flexibility index (Phi) is 7.60. The van der Waals surface area contributed by atoms with E-state index in [1.807, 2.05) is 72.8 Å². The first-order chi connectivity index (χ1) is 9.25. The van der Waals surface area contributed by atoms with E-state index in [1.165, 1.54) is 0 Å². The van der Waals surface area contributed by atoms with Crippen LogP contribution in [0, 0.1) is 0 Å². The number of carbonyl (C=O) groups is 1. The van der Waals surface area contributed by atoms with E-state index >= 15 is 0 Å². The van der Waals surface area contributed by atoms with Gasteiger partial charge in [-0.2, -0.15) is 0 Å². The standard InChI is InChI=1S/C17H13O.2Pd/c18-17(13-11-15-7-3-1-4-8-15)14-12-16-9-5-2-6-10-16;;/h1-13H;;/b13-11+,14-12?;;. The molecule has 20 heavy (non-hydrogen) atoms. The number of hydrogen-bond acceptors (Lipinski definition) is 1. The van der Waals surface area contributed by atoms with E-state index < -0.39 is 0 Å². The molecule has 0 bridgehead atoms. The Morgan fingerprint density at radius 2 is 1.35 bits per heavy atom. The average Bonchev–Trinajstić information content (AvgIpc) is 2.47. The third-order valence-corrected chi connectivity index (χ3v) is 3.14. The third-order valence-electron chi connectivity index (χ3n) is 2.53. The van der Waals surface area contributed by atoms with Crippen molar-refractivity contribution in [1.29, 1.82) is 0 Å². The summed E-state index contributed by atoms with van der Waals surface area (Å²) in [6, 6.07) is 19.5. The Bertz CT molecular complexity index is 601. The van der Waals surface area contributed by atoms with Gasteiger partial charge in [0, 0.05) is 20.4 Å². The fourth-order valence-electron chi connectivity index (χ4n) is 1.57. The molecule has 2 rings (SSSR count). The van der Waals surface area contributed by atoms with Gasteiger partial charge in [-0.1, -0.05) is 0 Å². The van der Waals surface area contributed by atoms with E-state index in [2.05, 4.69) is 19.2 Å².